The molecule has 8 heteroatoms. The highest BCUT2D eigenvalue weighted by Crippen LogP contribution is 2.03. The van der Waals surface area contributed by atoms with Crippen molar-refractivity contribution < 1.29 is 38.7 Å². The molecule has 0 N–H and O–H groups in total. The van der Waals surface area contributed by atoms with E-state index in [0.717, 1.165) is 0 Å². The maximum Gasteiger partial charge on any atom is 0.478 e. The molecule has 3 heterocycles. The van der Waals surface area contributed by atoms with Gasteiger partial charge >= 0.3 is 17.9 Å². The number of nitrogens with zero attached hydrogens (tertiary/aromatic N) is 5. The maximum atomic E-state index is 5.15. The zero-order valence-electron chi connectivity index (χ0n) is 11.7. The van der Waals surface area contributed by atoms with Gasteiger partial charge in [-0.15, -0.1) is 0 Å². The Kier molecular flexibility index (Phi) is 6.62. The van der Waals surface area contributed by atoms with E-state index in [-0.39, 0.29) is 30.8 Å². The van der Waals surface area contributed by atoms with Crippen LogP contribution in [0.25, 0.3) is 11.9 Å². The van der Waals surface area contributed by atoms with Crippen LogP contribution < -0.4 is 38.7 Å². The first kappa shape index (κ1) is 17.7. The van der Waals surface area contributed by atoms with E-state index in [1.165, 1.54) is 7.11 Å². The summed E-state index contributed by atoms with van der Waals surface area (Å²) in [6.45, 7) is 0. The van der Waals surface area contributed by atoms with Gasteiger partial charge in [0.05, 0.1) is 31.9 Å². The van der Waals surface area contributed by atoms with Crippen molar-refractivity contribution >= 4 is 0 Å². The molecule has 3 rings (SSSR count). The van der Waals surface area contributed by atoms with E-state index >= 15 is 0 Å². The second-order valence-corrected chi connectivity index (χ2v) is 3.99. The van der Waals surface area contributed by atoms with Crippen LogP contribution in [0.4, 0.5) is 0 Å². The largest absolute Gasteiger partial charge is 1.00 e. The van der Waals surface area contributed by atoms with Crippen LogP contribution in [0.5, 0.6) is 6.01 Å². The van der Waals surface area contributed by atoms with Gasteiger partial charge < -0.3 is 29.6 Å². The number of aromatic nitrogens is 5. The Morgan fingerprint density at radius 3 is 1.45 bits per heavy atom. The van der Waals surface area contributed by atoms with Crippen LogP contribution in [0.15, 0.2) is 61.2 Å². The Morgan fingerprint density at radius 1 is 0.682 bits per heavy atom. The predicted octanol–water partition coefficient (Wildman–Crippen LogP) is -5.56. The van der Waals surface area contributed by atoms with Crippen molar-refractivity contribution in [1.82, 2.24) is 15.0 Å². The fraction of sp³-hybridized carbons (Fsp3) is 0.0714. The molecule has 3 aromatic heterocycles. The van der Waals surface area contributed by atoms with Crippen molar-refractivity contribution in [3.05, 3.63) is 61.2 Å². The summed E-state index contributed by atoms with van der Waals surface area (Å²) in [7, 11) is 1.54. The summed E-state index contributed by atoms with van der Waals surface area (Å²) in [4.78, 5) is 13.0. The lowest BCUT2D eigenvalue weighted by Gasteiger charge is -1.97. The summed E-state index contributed by atoms with van der Waals surface area (Å²) in [5, 5.41) is 0. The summed E-state index contributed by atoms with van der Waals surface area (Å²) in [6.07, 6.45) is 7.48. The predicted molar refractivity (Wildman–Crippen MR) is 69.4 cm³/mol. The third-order valence-electron chi connectivity index (χ3n) is 2.67. The van der Waals surface area contributed by atoms with Crippen molar-refractivity contribution in [3.63, 3.8) is 0 Å². The SMILES string of the molecule is COc1nc(-[n+]2ccccc2)nc(-[n+]2ccccc2)n1.[Cl-].[Cl-]. The average Bonchev–Trinajstić information content (AvgIpc) is 2.56. The monoisotopic (exact) mass is 337 g/mol. The lowest BCUT2D eigenvalue weighted by atomic mass is 10.5. The number of ether oxygens (including phenoxy) is 1. The van der Waals surface area contributed by atoms with Gasteiger partial charge in [-0.2, -0.15) is 0 Å². The van der Waals surface area contributed by atoms with E-state index in [1.807, 2.05) is 61.2 Å². The Hall–Kier alpha value is -2.31. The first-order valence-electron chi connectivity index (χ1n) is 6.10. The molecule has 0 atom stereocenters. The normalized spacial score (nSPS) is 9.32. The van der Waals surface area contributed by atoms with E-state index in [4.69, 9.17) is 4.74 Å². The molecule has 3 aromatic rings. The van der Waals surface area contributed by atoms with Crippen molar-refractivity contribution in [2.45, 2.75) is 0 Å². The van der Waals surface area contributed by atoms with Crippen LogP contribution in [-0.2, 0) is 0 Å². The van der Waals surface area contributed by atoms with Gasteiger partial charge in [0.1, 0.15) is 0 Å². The fourth-order valence-electron chi connectivity index (χ4n) is 1.72. The molecule has 0 aliphatic heterocycles. The summed E-state index contributed by atoms with van der Waals surface area (Å²) in [5.41, 5.74) is 0. The zero-order chi connectivity index (χ0) is 13.8. The van der Waals surface area contributed by atoms with Gasteiger partial charge in [0.2, 0.25) is 0 Å². The lowest BCUT2D eigenvalue weighted by Crippen LogP contribution is -3.00. The Balaban J connectivity index is 0.00000121. The van der Waals surface area contributed by atoms with Gasteiger partial charge in [-0.25, -0.2) is 9.13 Å². The second-order valence-electron chi connectivity index (χ2n) is 3.99. The average molecular weight is 338 g/mol. The van der Waals surface area contributed by atoms with Crippen LogP contribution in [0.1, 0.15) is 0 Å². The van der Waals surface area contributed by atoms with E-state index in [1.54, 1.807) is 9.13 Å². The third kappa shape index (κ3) is 3.87. The summed E-state index contributed by atoms with van der Waals surface area (Å²) < 4.78 is 8.76. The molecule has 0 bridgehead atoms. The van der Waals surface area contributed by atoms with E-state index in [9.17, 15) is 0 Å². The van der Waals surface area contributed by atoms with Crippen LogP contribution in [-0.4, -0.2) is 22.1 Å². The van der Waals surface area contributed by atoms with Crippen molar-refractivity contribution in [3.8, 4) is 17.9 Å². The highest BCUT2D eigenvalue weighted by molar-refractivity contribution is 5.09. The summed E-state index contributed by atoms with van der Waals surface area (Å²) in [5.74, 6) is 1.01. The van der Waals surface area contributed by atoms with Crippen molar-refractivity contribution in [2.24, 2.45) is 0 Å². The molecular formula is C14H13Cl2N5O. The molecule has 0 radical (unpaired) electrons. The van der Waals surface area contributed by atoms with Gasteiger partial charge in [0.25, 0.3) is 0 Å². The zero-order valence-corrected chi connectivity index (χ0v) is 13.2. The Labute approximate surface area is 140 Å². The number of rotatable bonds is 3. The third-order valence-corrected chi connectivity index (χ3v) is 2.67. The van der Waals surface area contributed by atoms with Gasteiger partial charge in [-0.05, 0) is 24.3 Å². The minimum absolute atomic E-state index is 0. The summed E-state index contributed by atoms with van der Waals surface area (Å²) in [6, 6.07) is 11.8. The molecule has 0 aromatic carbocycles. The first-order valence-corrected chi connectivity index (χ1v) is 6.10. The van der Waals surface area contributed by atoms with Gasteiger partial charge in [-0.3, -0.25) is 0 Å². The van der Waals surface area contributed by atoms with Crippen LogP contribution >= 0.6 is 0 Å². The Morgan fingerprint density at radius 2 is 1.09 bits per heavy atom. The molecular weight excluding hydrogens is 325 g/mol. The standard InChI is InChI=1S/C14H13N5O.2ClH/c1-20-14-16-12(18-8-4-2-5-9-18)15-13(17-14)19-10-6-3-7-11-19;;/h2-11H,1H3;2*1H/q+2;;/p-2. The lowest BCUT2D eigenvalue weighted by molar-refractivity contribution is -0.616. The fourth-order valence-corrected chi connectivity index (χ4v) is 1.72. The van der Waals surface area contributed by atoms with Gasteiger partial charge in [-0.1, -0.05) is 12.1 Å². The highest BCUT2D eigenvalue weighted by atomic mass is 35.5. The van der Waals surface area contributed by atoms with E-state index < -0.39 is 0 Å². The van der Waals surface area contributed by atoms with Gasteiger partial charge in [0, 0.05) is 15.0 Å². The quantitative estimate of drug-likeness (QED) is 0.447. The summed E-state index contributed by atoms with van der Waals surface area (Å²) >= 11 is 0. The van der Waals surface area contributed by atoms with E-state index in [2.05, 4.69) is 15.0 Å². The smallest absolute Gasteiger partial charge is 0.478 e. The number of pyridine rings is 2. The number of hydrogen-bond donors (Lipinski definition) is 0. The molecule has 0 saturated heterocycles. The van der Waals surface area contributed by atoms with Crippen molar-refractivity contribution in [2.75, 3.05) is 7.11 Å². The van der Waals surface area contributed by atoms with Gasteiger partial charge in [0.15, 0.2) is 0 Å². The van der Waals surface area contributed by atoms with E-state index in [0.29, 0.717) is 11.9 Å². The molecule has 0 aliphatic rings. The van der Waals surface area contributed by atoms with Crippen LogP contribution in [0.3, 0.4) is 0 Å². The molecule has 0 aliphatic carbocycles. The van der Waals surface area contributed by atoms with Crippen LogP contribution in [0, 0.1) is 0 Å². The number of methoxy groups -OCH3 is 1. The molecule has 6 nitrogen and oxygen atoms in total. The molecule has 0 fully saturated rings. The molecule has 0 saturated carbocycles. The first-order chi connectivity index (χ1) is 9.86. The number of hydrogen-bond acceptors (Lipinski definition) is 4. The molecule has 0 spiro atoms. The topological polar surface area (TPSA) is 55.7 Å². The molecule has 0 unspecified atom stereocenters. The highest BCUT2D eigenvalue weighted by Gasteiger charge is 2.23. The minimum atomic E-state index is 0. The number of halogens is 2. The second kappa shape index (κ2) is 8.21. The molecule has 114 valence electrons. The Bertz CT molecular complexity index is 655. The molecule has 22 heavy (non-hydrogen) atoms. The van der Waals surface area contributed by atoms with Crippen molar-refractivity contribution in [1.29, 1.82) is 0 Å². The molecule has 0 amide bonds. The maximum absolute atomic E-state index is 5.15. The van der Waals surface area contributed by atoms with Crippen LogP contribution in [0.2, 0.25) is 0 Å². The minimum Gasteiger partial charge on any atom is -1.00 e.